The molecule has 8 nitrogen and oxygen atoms in total. The van der Waals surface area contributed by atoms with E-state index in [-0.39, 0.29) is 34.5 Å². The van der Waals surface area contributed by atoms with E-state index in [9.17, 15) is 14.7 Å². The van der Waals surface area contributed by atoms with Crippen molar-refractivity contribution in [1.29, 1.82) is 0 Å². The van der Waals surface area contributed by atoms with Crippen molar-refractivity contribution >= 4 is 22.6 Å². The fourth-order valence-corrected chi connectivity index (χ4v) is 5.04. The minimum Gasteiger partial charge on any atom is -0.492 e. The third-order valence-electron chi connectivity index (χ3n) is 6.68. The van der Waals surface area contributed by atoms with Crippen LogP contribution in [0.15, 0.2) is 17.1 Å². The number of carboxylic acids is 1. The number of piperidine rings is 1. The van der Waals surface area contributed by atoms with Crippen molar-refractivity contribution in [2.24, 2.45) is 5.73 Å². The van der Waals surface area contributed by atoms with E-state index in [0.717, 1.165) is 38.3 Å². The number of hydrogen-bond donors (Lipinski definition) is 3. The average molecular weight is 416 g/mol. The van der Waals surface area contributed by atoms with Crippen LogP contribution in [0.3, 0.4) is 0 Å². The van der Waals surface area contributed by atoms with Gasteiger partial charge in [-0.3, -0.25) is 4.79 Å². The lowest BCUT2D eigenvalue weighted by Gasteiger charge is -2.35. The molecule has 2 atom stereocenters. The summed E-state index contributed by atoms with van der Waals surface area (Å²) in [5.41, 5.74) is 5.83. The Bertz CT molecular complexity index is 1110. The molecule has 0 amide bonds. The van der Waals surface area contributed by atoms with Crippen LogP contribution in [-0.4, -0.2) is 54.0 Å². The molecule has 3 fully saturated rings. The largest absolute Gasteiger partial charge is 0.492 e. The summed E-state index contributed by atoms with van der Waals surface area (Å²) in [6.45, 7) is 1.90. The fraction of sp³-hybridized carbons (Fsp3) is 0.524. The fourth-order valence-electron chi connectivity index (χ4n) is 5.04. The summed E-state index contributed by atoms with van der Waals surface area (Å²) >= 11 is 0. The number of anilines is 1. The lowest BCUT2D eigenvalue weighted by molar-refractivity contribution is 0.0695. The van der Waals surface area contributed by atoms with Gasteiger partial charge in [-0.15, -0.1) is 0 Å². The van der Waals surface area contributed by atoms with Crippen molar-refractivity contribution < 1.29 is 19.0 Å². The molecule has 0 unspecified atom stereocenters. The number of hydrogen-bond acceptors (Lipinski definition) is 6. The summed E-state index contributed by atoms with van der Waals surface area (Å²) in [6.07, 6.45) is 4.93. The number of carboxylic acid groups (broad SMARTS) is 1. The average Bonchev–Trinajstić information content (AvgIpc) is 3.48. The van der Waals surface area contributed by atoms with Crippen LogP contribution in [-0.2, 0) is 0 Å². The Balaban J connectivity index is 1.74. The zero-order valence-corrected chi connectivity index (χ0v) is 16.8. The highest BCUT2D eigenvalue weighted by molar-refractivity contribution is 5.97. The number of methoxy groups -OCH3 is 1. The summed E-state index contributed by atoms with van der Waals surface area (Å²) < 4.78 is 22.8. The van der Waals surface area contributed by atoms with Gasteiger partial charge in [-0.2, -0.15) is 0 Å². The SMILES string of the molecule is COc1c(N2C[C@H]3NCCC[C@@]3(N)C2)c(F)cc2c(=O)c(C(=O)O)cn(C3CC3)c12. The van der Waals surface area contributed by atoms with Gasteiger partial charge in [0.25, 0.3) is 0 Å². The van der Waals surface area contributed by atoms with Crippen molar-refractivity contribution in [1.82, 2.24) is 9.88 Å². The third kappa shape index (κ3) is 2.79. The molecule has 0 bridgehead atoms. The highest BCUT2D eigenvalue weighted by Crippen LogP contribution is 2.45. The van der Waals surface area contributed by atoms with E-state index < -0.39 is 22.8 Å². The Labute approximate surface area is 172 Å². The Morgan fingerprint density at radius 3 is 2.83 bits per heavy atom. The van der Waals surface area contributed by atoms with Gasteiger partial charge in [-0.1, -0.05) is 0 Å². The smallest absolute Gasteiger partial charge is 0.341 e. The normalized spacial score (nSPS) is 26.1. The Morgan fingerprint density at radius 1 is 1.43 bits per heavy atom. The Morgan fingerprint density at radius 2 is 2.20 bits per heavy atom. The van der Waals surface area contributed by atoms with Gasteiger partial charge in [0.2, 0.25) is 5.43 Å². The summed E-state index contributed by atoms with van der Waals surface area (Å²) in [5, 5.41) is 12.9. The molecule has 9 heteroatoms. The number of benzene rings is 1. The minimum atomic E-state index is -1.32. The van der Waals surface area contributed by atoms with E-state index in [1.807, 2.05) is 4.90 Å². The molecule has 1 aromatic heterocycles. The van der Waals surface area contributed by atoms with Crippen molar-refractivity contribution in [3.63, 3.8) is 0 Å². The van der Waals surface area contributed by atoms with Gasteiger partial charge in [0.05, 0.1) is 23.6 Å². The molecule has 160 valence electrons. The summed E-state index contributed by atoms with van der Waals surface area (Å²) in [4.78, 5) is 26.3. The molecule has 5 rings (SSSR count). The highest BCUT2D eigenvalue weighted by atomic mass is 19.1. The van der Waals surface area contributed by atoms with Crippen molar-refractivity contribution in [2.75, 3.05) is 31.6 Å². The highest BCUT2D eigenvalue weighted by Gasteiger charge is 2.46. The number of nitrogens with one attached hydrogen (secondary N) is 1. The number of nitrogens with two attached hydrogens (primary N) is 1. The lowest BCUT2D eigenvalue weighted by Crippen LogP contribution is -2.59. The predicted molar refractivity (Wildman–Crippen MR) is 110 cm³/mol. The topological polar surface area (TPSA) is 110 Å². The third-order valence-corrected chi connectivity index (χ3v) is 6.68. The van der Waals surface area contributed by atoms with Crippen LogP contribution in [0.4, 0.5) is 10.1 Å². The zero-order chi connectivity index (χ0) is 21.2. The van der Waals surface area contributed by atoms with Gasteiger partial charge in [0.15, 0.2) is 11.6 Å². The molecule has 3 aliphatic rings. The first-order valence-corrected chi connectivity index (χ1v) is 10.3. The molecule has 1 saturated carbocycles. The van der Waals surface area contributed by atoms with Crippen LogP contribution < -0.4 is 26.1 Å². The van der Waals surface area contributed by atoms with E-state index in [0.29, 0.717) is 18.6 Å². The lowest BCUT2D eigenvalue weighted by atomic mass is 9.86. The molecule has 0 radical (unpaired) electrons. The minimum absolute atomic E-state index is 0.0251. The van der Waals surface area contributed by atoms with Crippen molar-refractivity contribution in [3.05, 3.63) is 33.9 Å². The molecule has 3 heterocycles. The Kier molecular flexibility index (Phi) is 4.30. The molecule has 4 N–H and O–H groups in total. The zero-order valence-electron chi connectivity index (χ0n) is 16.8. The van der Waals surface area contributed by atoms with Gasteiger partial charge in [-0.05, 0) is 38.3 Å². The number of pyridine rings is 1. The van der Waals surface area contributed by atoms with E-state index in [1.165, 1.54) is 13.3 Å². The maximum Gasteiger partial charge on any atom is 0.341 e. The molecule has 2 saturated heterocycles. The molecule has 2 aliphatic heterocycles. The number of nitrogens with zero attached hydrogens (tertiary/aromatic N) is 2. The van der Waals surface area contributed by atoms with Crippen LogP contribution in [0.5, 0.6) is 5.75 Å². The number of aromatic nitrogens is 1. The quantitative estimate of drug-likeness (QED) is 0.692. The van der Waals surface area contributed by atoms with E-state index >= 15 is 4.39 Å². The molecule has 1 aliphatic carbocycles. The van der Waals surface area contributed by atoms with Gasteiger partial charge in [0, 0.05) is 31.4 Å². The molecule has 2 aromatic rings. The summed E-state index contributed by atoms with van der Waals surface area (Å²) in [6, 6.07) is 1.27. The van der Waals surface area contributed by atoms with E-state index in [1.54, 1.807) is 4.57 Å². The maximum atomic E-state index is 15.4. The molecular weight excluding hydrogens is 391 g/mol. The number of ether oxygens (including phenoxy) is 1. The number of rotatable bonds is 4. The van der Waals surface area contributed by atoms with Crippen LogP contribution in [0.25, 0.3) is 10.9 Å². The van der Waals surface area contributed by atoms with E-state index in [4.69, 9.17) is 10.5 Å². The van der Waals surface area contributed by atoms with Crippen molar-refractivity contribution in [3.8, 4) is 5.75 Å². The first-order chi connectivity index (χ1) is 14.3. The van der Waals surface area contributed by atoms with Crippen LogP contribution in [0.1, 0.15) is 42.1 Å². The summed E-state index contributed by atoms with van der Waals surface area (Å²) in [7, 11) is 1.45. The first kappa shape index (κ1) is 19.3. The molecule has 1 aromatic carbocycles. The maximum absolute atomic E-state index is 15.4. The second-order valence-electron chi connectivity index (χ2n) is 8.68. The van der Waals surface area contributed by atoms with Gasteiger partial charge in [-0.25, -0.2) is 9.18 Å². The number of fused-ring (bicyclic) bond motifs is 2. The van der Waals surface area contributed by atoms with Crippen LogP contribution in [0.2, 0.25) is 0 Å². The van der Waals surface area contributed by atoms with E-state index in [2.05, 4.69) is 5.32 Å². The van der Waals surface area contributed by atoms with Gasteiger partial charge >= 0.3 is 5.97 Å². The number of halogens is 1. The van der Waals surface area contributed by atoms with Gasteiger partial charge < -0.3 is 30.4 Å². The molecule has 0 spiro atoms. The van der Waals surface area contributed by atoms with Crippen LogP contribution >= 0.6 is 0 Å². The van der Waals surface area contributed by atoms with Crippen LogP contribution in [0, 0.1) is 5.82 Å². The summed E-state index contributed by atoms with van der Waals surface area (Å²) in [5.74, 6) is -1.67. The van der Waals surface area contributed by atoms with Crippen molar-refractivity contribution in [2.45, 2.75) is 43.3 Å². The molecule has 30 heavy (non-hydrogen) atoms. The predicted octanol–water partition coefficient (Wildman–Crippen LogP) is 1.45. The van der Waals surface area contributed by atoms with Gasteiger partial charge in [0.1, 0.15) is 11.3 Å². The standard InChI is InChI=1S/C21H25FN4O4/c1-30-19-16-12(18(27)13(20(28)29)8-26(16)11-3-4-11)7-14(22)17(19)25-9-15-21(23,10-25)5-2-6-24-15/h7-8,11,15,24H,2-6,9-10,23H2,1H3,(H,28,29)/t15-,21-/m1/s1. The second-order valence-corrected chi connectivity index (χ2v) is 8.68. The first-order valence-electron chi connectivity index (χ1n) is 10.3. The number of aromatic carboxylic acids is 1. The monoisotopic (exact) mass is 416 g/mol. The Hall–Kier alpha value is -2.65. The number of carbonyl (C=O) groups is 1. The second kappa shape index (κ2) is 6.68. The molecular formula is C21H25FN4O4.